The summed E-state index contributed by atoms with van der Waals surface area (Å²) in [4.78, 5) is 13.0. The van der Waals surface area contributed by atoms with E-state index in [1.165, 1.54) is 0 Å². The largest absolute Gasteiger partial charge is 0.480 e. The maximum Gasteiger partial charge on any atom is 0.320 e. The number of carboxylic acids is 1. The van der Waals surface area contributed by atoms with Crippen molar-refractivity contribution < 1.29 is 9.90 Å². The number of carbonyl (C=O) groups is 1. The van der Waals surface area contributed by atoms with Crippen LogP contribution in [0.1, 0.15) is 19.4 Å². The fraction of sp³-hybridized carbons (Fsp3) is 0.462. The number of hydrogen-bond acceptors (Lipinski definition) is 3. The quantitative estimate of drug-likeness (QED) is 0.785. The Morgan fingerprint density at radius 1 is 1.35 bits per heavy atom. The van der Waals surface area contributed by atoms with E-state index in [-0.39, 0.29) is 0 Å². The first-order valence-electron chi connectivity index (χ1n) is 5.91. The van der Waals surface area contributed by atoms with E-state index in [1.807, 2.05) is 24.3 Å². The van der Waals surface area contributed by atoms with E-state index >= 15 is 0 Å². The van der Waals surface area contributed by atoms with Gasteiger partial charge in [-0.2, -0.15) is 0 Å². The highest BCUT2D eigenvalue weighted by molar-refractivity contribution is 5.74. The van der Waals surface area contributed by atoms with Gasteiger partial charge in [0.1, 0.15) is 6.04 Å². The molecule has 1 aromatic carbocycles. The van der Waals surface area contributed by atoms with Gasteiger partial charge in [0.25, 0.3) is 0 Å². The highest BCUT2D eigenvalue weighted by Crippen LogP contribution is 2.21. The normalized spacial score (nSPS) is 12.2. The Bertz CT molecular complexity index is 375. The molecule has 0 fully saturated rings. The molecule has 0 saturated heterocycles. The summed E-state index contributed by atoms with van der Waals surface area (Å²) in [7, 11) is 0. The van der Waals surface area contributed by atoms with Crippen LogP contribution in [0.5, 0.6) is 0 Å². The minimum absolute atomic E-state index is 0.363. The minimum atomic E-state index is -0.959. The Hall–Kier alpha value is -1.55. The molecule has 94 valence electrons. The number of hydrogen-bond donors (Lipinski definition) is 2. The van der Waals surface area contributed by atoms with Crippen molar-refractivity contribution in [1.82, 2.24) is 0 Å². The van der Waals surface area contributed by atoms with E-state index in [2.05, 4.69) is 18.7 Å². The van der Waals surface area contributed by atoms with E-state index in [0.29, 0.717) is 6.42 Å². The number of benzene rings is 1. The van der Waals surface area contributed by atoms with Crippen LogP contribution in [-0.4, -0.2) is 30.2 Å². The molecule has 0 bridgehead atoms. The molecular formula is C13H20N2O2. The number of nitrogens with two attached hydrogens (primary N) is 1. The lowest BCUT2D eigenvalue weighted by molar-refractivity contribution is -0.138. The Balaban J connectivity index is 2.95. The zero-order valence-corrected chi connectivity index (χ0v) is 10.4. The van der Waals surface area contributed by atoms with E-state index in [9.17, 15) is 4.79 Å². The summed E-state index contributed by atoms with van der Waals surface area (Å²) in [5, 5.41) is 8.85. The molecular weight excluding hydrogens is 216 g/mol. The molecule has 0 saturated carbocycles. The molecule has 1 rings (SSSR count). The zero-order valence-electron chi connectivity index (χ0n) is 10.4. The van der Waals surface area contributed by atoms with E-state index < -0.39 is 12.0 Å². The Kier molecular flexibility index (Phi) is 4.97. The van der Waals surface area contributed by atoms with Crippen LogP contribution in [0, 0.1) is 0 Å². The third-order valence-electron chi connectivity index (χ3n) is 2.85. The van der Waals surface area contributed by atoms with Gasteiger partial charge in [0.15, 0.2) is 0 Å². The molecule has 0 heterocycles. The summed E-state index contributed by atoms with van der Waals surface area (Å²) in [5.74, 6) is -0.959. The molecule has 0 aromatic heterocycles. The van der Waals surface area contributed by atoms with Crippen molar-refractivity contribution in [2.75, 3.05) is 18.0 Å². The summed E-state index contributed by atoms with van der Waals surface area (Å²) in [5.41, 5.74) is 7.65. The van der Waals surface area contributed by atoms with Crippen molar-refractivity contribution in [1.29, 1.82) is 0 Å². The molecule has 0 aliphatic rings. The van der Waals surface area contributed by atoms with Crippen LogP contribution in [0.3, 0.4) is 0 Å². The lowest BCUT2D eigenvalue weighted by Gasteiger charge is -2.24. The molecule has 0 spiro atoms. The van der Waals surface area contributed by atoms with Gasteiger partial charge in [-0.1, -0.05) is 18.2 Å². The summed E-state index contributed by atoms with van der Waals surface area (Å²) < 4.78 is 0. The molecule has 17 heavy (non-hydrogen) atoms. The van der Waals surface area contributed by atoms with Crippen molar-refractivity contribution in [2.24, 2.45) is 5.73 Å². The van der Waals surface area contributed by atoms with Gasteiger partial charge >= 0.3 is 5.97 Å². The maximum absolute atomic E-state index is 10.8. The lowest BCUT2D eigenvalue weighted by atomic mass is 10.0. The summed E-state index contributed by atoms with van der Waals surface area (Å²) >= 11 is 0. The molecule has 1 atom stereocenters. The smallest absolute Gasteiger partial charge is 0.320 e. The third kappa shape index (κ3) is 3.46. The molecule has 4 nitrogen and oxygen atoms in total. The second-order valence-corrected chi connectivity index (χ2v) is 3.95. The van der Waals surface area contributed by atoms with Crippen LogP contribution in [0.4, 0.5) is 5.69 Å². The van der Waals surface area contributed by atoms with Gasteiger partial charge in [0, 0.05) is 25.2 Å². The standard InChI is InChI=1S/C13H20N2O2/c1-3-15(4-2)12-8-6-5-7-10(12)9-11(14)13(16)17/h5-8,11H,3-4,9,14H2,1-2H3,(H,16,17). The minimum Gasteiger partial charge on any atom is -0.480 e. The number of para-hydroxylation sites is 1. The van der Waals surface area contributed by atoms with Crippen molar-refractivity contribution in [2.45, 2.75) is 26.3 Å². The number of carboxylic acid groups (broad SMARTS) is 1. The van der Waals surface area contributed by atoms with E-state index in [0.717, 1.165) is 24.3 Å². The van der Waals surface area contributed by atoms with Crippen LogP contribution >= 0.6 is 0 Å². The van der Waals surface area contributed by atoms with Gasteiger partial charge in [-0.15, -0.1) is 0 Å². The average Bonchev–Trinajstić information content (AvgIpc) is 2.32. The molecule has 0 aliphatic carbocycles. The molecule has 0 radical (unpaired) electrons. The SMILES string of the molecule is CCN(CC)c1ccccc1CC(N)C(=O)O. The number of rotatable bonds is 6. The highest BCUT2D eigenvalue weighted by Gasteiger charge is 2.15. The molecule has 0 amide bonds. The van der Waals surface area contributed by atoms with Gasteiger partial charge in [-0.05, 0) is 25.5 Å². The molecule has 4 heteroatoms. The second-order valence-electron chi connectivity index (χ2n) is 3.95. The number of aliphatic carboxylic acids is 1. The van der Waals surface area contributed by atoms with Gasteiger partial charge in [0.2, 0.25) is 0 Å². The van der Waals surface area contributed by atoms with Crippen molar-refractivity contribution in [3.05, 3.63) is 29.8 Å². The van der Waals surface area contributed by atoms with Gasteiger partial charge in [-0.3, -0.25) is 4.79 Å². The Morgan fingerprint density at radius 2 is 1.94 bits per heavy atom. The average molecular weight is 236 g/mol. The van der Waals surface area contributed by atoms with Crippen molar-refractivity contribution in [3.8, 4) is 0 Å². The predicted molar refractivity (Wildman–Crippen MR) is 69.3 cm³/mol. The lowest BCUT2D eigenvalue weighted by Crippen LogP contribution is -2.33. The summed E-state index contributed by atoms with van der Waals surface area (Å²) in [6.07, 6.45) is 0.363. The van der Waals surface area contributed by atoms with Crippen molar-refractivity contribution >= 4 is 11.7 Å². The molecule has 3 N–H and O–H groups in total. The van der Waals surface area contributed by atoms with Gasteiger partial charge in [-0.25, -0.2) is 0 Å². The second kappa shape index (κ2) is 6.25. The highest BCUT2D eigenvalue weighted by atomic mass is 16.4. The Morgan fingerprint density at radius 3 is 2.47 bits per heavy atom. The first-order chi connectivity index (χ1) is 8.10. The van der Waals surface area contributed by atoms with E-state index in [1.54, 1.807) is 0 Å². The van der Waals surface area contributed by atoms with Crippen molar-refractivity contribution in [3.63, 3.8) is 0 Å². The van der Waals surface area contributed by atoms with Crippen LogP contribution in [0.25, 0.3) is 0 Å². The summed E-state index contributed by atoms with van der Waals surface area (Å²) in [6.45, 7) is 5.96. The number of nitrogens with zero attached hydrogens (tertiary/aromatic N) is 1. The van der Waals surface area contributed by atoms with E-state index in [4.69, 9.17) is 10.8 Å². The van der Waals surface area contributed by atoms with Crippen LogP contribution < -0.4 is 10.6 Å². The summed E-state index contributed by atoms with van der Waals surface area (Å²) in [6, 6.07) is 6.99. The first kappa shape index (κ1) is 13.5. The predicted octanol–water partition coefficient (Wildman–Crippen LogP) is 1.49. The van der Waals surface area contributed by atoms with Crippen LogP contribution in [0.2, 0.25) is 0 Å². The number of anilines is 1. The Labute approximate surface area is 102 Å². The topological polar surface area (TPSA) is 66.6 Å². The third-order valence-corrected chi connectivity index (χ3v) is 2.85. The van der Waals surface area contributed by atoms with Crippen LogP contribution in [-0.2, 0) is 11.2 Å². The molecule has 1 unspecified atom stereocenters. The molecule has 1 aromatic rings. The first-order valence-corrected chi connectivity index (χ1v) is 5.91. The fourth-order valence-electron chi connectivity index (χ4n) is 1.88. The monoisotopic (exact) mass is 236 g/mol. The van der Waals surface area contributed by atoms with Gasteiger partial charge < -0.3 is 15.7 Å². The van der Waals surface area contributed by atoms with Crippen LogP contribution in [0.15, 0.2) is 24.3 Å². The van der Waals surface area contributed by atoms with Gasteiger partial charge in [0.05, 0.1) is 0 Å². The maximum atomic E-state index is 10.8. The fourth-order valence-corrected chi connectivity index (χ4v) is 1.88. The molecule has 0 aliphatic heterocycles. The zero-order chi connectivity index (χ0) is 12.8.